The van der Waals surface area contributed by atoms with Gasteiger partial charge in [-0.15, -0.1) is 22.7 Å². The van der Waals surface area contributed by atoms with E-state index in [1.165, 1.54) is 11.3 Å². The molecule has 0 fully saturated rings. The Labute approximate surface area is 141 Å². The van der Waals surface area contributed by atoms with Gasteiger partial charge in [0.2, 0.25) is 0 Å². The number of carbonyl (C=O) groups excluding carboxylic acids is 1. The summed E-state index contributed by atoms with van der Waals surface area (Å²) in [6.45, 7) is 0. The Morgan fingerprint density at radius 2 is 2.00 bits per heavy atom. The number of benzene rings is 1. The smallest absolute Gasteiger partial charge is 0.265 e. The zero-order valence-corrected chi connectivity index (χ0v) is 13.7. The predicted molar refractivity (Wildman–Crippen MR) is 94.0 cm³/mol. The Balaban J connectivity index is 1.75. The average molecular weight is 344 g/mol. The summed E-state index contributed by atoms with van der Waals surface area (Å²) in [6, 6.07) is 14.8. The van der Waals surface area contributed by atoms with Gasteiger partial charge >= 0.3 is 0 Å². The first kappa shape index (κ1) is 14.9. The van der Waals surface area contributed by atoms with E-state index in [1.54, 1.807) is 23.5 Å². The molecular formula is C17H10ClNOS2. The van der Waals surface area contributed by atoms with Crippen LogP contribution in [0.3, 0.4) is 0 Å². The van der Waals surface area contributed by atoms with Crippen LogP contribution >= 0.6 is 34.3 Å². The lowest BCUT2D eigenvalue weighted by Crippen LogP contribution is -2.09. The maximum atomic E-state index is 12.1. The molecule has 3 rings (SSSR count). The number of hydrogen-bond donors (Lipinski definition) is 1. The van der Waals surface area contributed by atoms with E-state index in [4.69, 9.17) is 11.6 Å². The molecule has 0 saturated carbocycles. The number of rotatable bonds is 2. The second-order valence-electron chi connectivity index (χ2n) is 4.37. The molecule has 0 bridgehead atoms. The minimum Gasteiger partial charge on any atom is -0.321 e. The number of amides is 1. The van der Waals surface area contributed by atoms with Crippen LogP contribution in [0.4, 0.5) is 5.69 Å². The zero-order valence-electron chi connectivity index (χ0n) is 11.3. The summed E-state index contributed by atoms with van der Waals surface area (Å²) < 4.78 is 0.598. The molecular weight excluding hydrogens is 334 g/mol. The molecule has 0 aliphatic heterocycles. The van der Waals surface area contributed by atoms with E-state index in [2.05, 4.69) is 17.2 Å². The van der Waals surface area contributed by atoms with Crippen molar-refractivity contribution in [1.82, 2.24) is 0 Å². The molecule has 3 aromatic rings. The lowest BCUT2D eigenvalue weighted by molar-refractivity contribution is 0.103. The minimum atomic E-state index is -0.166. The Morgan fingerprint density at radius 3 is 2.73 bits per heavy atom. The first-order valence-electron chi connectivity index (χ1n) is 6.43. The van der Waals surface area contributed by atoms with E-state index >= 15 is 0 Å². The normalized spacial score (nSPS) is 9.86. The van der Waals surface area contributed by atoms with Crippen LogP contribution in [0, 0.1) is 11.8 Å². The van der Waals surface area contributed by atoms with E-state index in [1.807, 2.05) is 41.8 Å². The zero-order chi connectivity index (χ0) is 15.4. The van der Waals surface area contributed by atoms with Gasteiger partial charge in [-0.1, -0.05) is 35.6 Å². The van der Waals surface area contributed by atoms with Crippen molar-refractivity contribution in [3.8, 4) is 11.8 Å². The van der Waals surface area contributed by atoms with Crippen LogP contribution < -0.4 is 5.32 Å². The van der Waals surface area contributed by atoms with Gasteiger partial charge in [-0.25, -0.2) is 0 Å². The topological polar surface area (TPSA) is 29.1 Å². The molecule has 2 aromatic heterocycles. The molecule has 0 spiro atoms. The van der Waals surface area contributed by atoms with Gasteiger partial charge in [-0.3, -0.25) is 4.79 Å². The highest BCUT2D eigenvalue weighted by Gasteiger charge is 2.08. The maximum absolute atomic E-state index is 12.1. The summed E-state index contributed by atoms with van der Waals surface area (Å²) in [6.07, 6.45) is 0. The van der Waals surface area contributed by atoms with Gasteiger partial charge in [-0.05, 0) is 41.8 Å². The van der Waals surface area contributed by atoms with Gasteiger partial charge < -0.3 is 5.32 Å². The van der Waals surface area contributed by atoms with Crippen LogP contribution in [-0.4, -0.2) is 5.91 Å². The summed E-state index contributed by atoms with van der Waals surface area (Å²) in [5, 5.41) is 4.85. The van der Waals surface area contributed by atoms with Crippen molar-refractivity contribution in [1.29, 1.82) is 0 Å². The van der Waals surface area contributed by atoms with Crippen molar-refractivity contribution in [3.63, 3.8) is 0 Å². The first-order valence-corrected chi connectivity index (χ1v) is 8.50. The van der Waals surface area contributed by atoms with Gasteiger partial charge in [0.1, 0.15) is 0 Å². The molecule has 0 saturated heterocycles. The molecule has 0 aliphatic carbocycles. The van der Waals surface area contributed by atoms with Crippen molar-refractivity contribution in [2.45, 2.75) is 0 Å². The van der Waals surface area contributed by atoms with Crippen molar-refractivity contribution < 1.29 is 4.79 Å². The first-order chi connectivity index (χ1) is 10.7. The minimum absolute atomic E-state index is 0.166. The highest BCUT2D eigenvalue weighted by Crippen LogP contribution is 2.22. The number of halogens is 1. The molecule has 22 heavy (non-hydrogen) atoms. The van der Waals surface area contributed by atoms with Gasteiger partial charge in [0, 0.05) is 11.3 Å². The monoisotopic (exact) mass is 343 g/mol. The third-order valence-corrected chi connectivity index (χ3v) is 4.78. The highest BCUT2D eigenvalue weighted by atomic mass is 35.5. The van der Waals surface area contributed by atoms with E-state index < -0.39 is 0 Å². The molecule has 0 radical (unpaired) electrons. The van der Waals surface area contributed by atoms with E-state index in [9.17, 15) is 4.79 Å². The van der Waals surface area contributed by atoms with Crippen LogP contribution in [0.25, 0.3) is 0 Å². The van der Waals surface area contributed by atoms with Crippen LogP contribution in [0.15, 0.2) is 53.9 Å². The summed E-state index contributed by atoms with van der Waals surface area (Å²) in [5.74, 6) is 6.03. The van der Waals surface area contributed by atoms with E-state index in [0.717, 1.165) is 10.4 Å². The van der Waals surface area contributed by atoms with E-state index in [0.29, 0.717) is 14.9 Å². The molecule has 1 N–H and O–H groups in total. The van der Waals surface area contributed by atoms with Crippen molar-refractivity contribution in [2.75, 3.05) is 5.32 Å². The van der Waals surface area contributed by atoms with Gasteiger partial charge in [0.25, 0.3) is 5.91 Å². The van der Waals surface area contributed by atoms with E-state index in [-0.39, 0.29) is 5.91 Å². The molecule has 0 unspecified atom stereocenters. The molecule has 0 aliphatic rings. The van der Waals surface area contributed by atoms with Crippen molar-refractivity contribution >= 4 is 45.9 Å². The summed E-state index contributed by atoms with van der Waals surface area (Å²) in [5.41, 5.74) is 1.57. The highest BCUT2D eigenvalue weighted by molar-refractivity contribution is 7.18. The number of nitrogens with one attached hydrogen (secondary N) is 1. The summed E-state index contributed by atoms with van der Waals surface area (Å²) in [7, 11) is 0. The molecule has 1 amide bonds. The molecule has 0 atom stereocenters. The van der Waals surface area contributed by atoms with Crippen LogP contribution in [0.2, 0.25) is 4.34 Å². The summed E-state index contributed by atoms with van der Waals surface area (Å²) >= 11 is 8.70. The second-order valence-corrected chi connectivity index (χ2v) is 7.03. The van der Waals surface area contributed by atoms with Crippen molar-refractivity contribution in [3.05, 3.63) is 73.6 Å². The maximum Gasteiger partial charge on any atom is 0.265 e. The SMILES string of the molecule is O=C(Nc1cccc(C#Cc2cccs2)c1)c1ccc(Cl)s1. The fourth-order valence-electron chi connectivity index (χ4n) is 1.79. The molecule has 2 heterocycles. The standard InChI is InChI=1S/C17H10ClNOS2/c18-16-9-8-15(22-16)17(20)19-13-4-1-3-12(11-13)6-7-14-5-2-10-21-14/h1-5,8-11H,(H,19,20). The fourth-order valence-corrected chi connectivity index (χ4v) is 3.30. The van der Waals surface area contributed by atoms with Crippen LogP contribution in [0.1, 0.15) is 20.1 Å². The number of carbonyl (C=O) groups is 1. The Bertz CT molecular complexity index is 856. The third kappa shape index (κ3) is 3.77. The molecule has 108 valence electrons. The van der Waals surface area contributed by atoms with Crippen LogP contribution in [0.5, 0.6) is 0 Å². The quantitative estimate of drug-likeness (QED) is 0.643. The van der Waals surface area contributed by atoms with Gasteiger partial charge in [0.15, 0.2) is 0 Å². The molecule has 5 heteroatoms. The Hall–Kier alpha value is -2.06. The Morgan fingerprint density at radius 1 is 1.09 bits per heavy atom. The van der Waals surface area contributed by atoms with Crippen molar-refractivity contribution in [2.24, 2.45) is 0 Å². The lowest BCUT2D eigenvalue weighted by Gasteiger charge is -2.03. The lowest BCUT2D eigenvalue weighted by atomic mass is 10.2. The second kappa shape index (κ2) is 6.80. The number of thiophene rings is 2. The molecule has 2 nitrogen and oxygen atoms in total. The molecule has 1 aromatic carbocycles. The average Bonchev–Trinajstić information content (AvgIpc) is 3.17. The number of hydrogen-bond acceptors (Lipinski definition) is 3. The number of anilines is 1. The fraction of sp³-hybridized carbons (Fsp3) is 0. The van der Waals surface area contributed by atoms with Crippen LogP contribution in [-0.2, 0) is 0 Å². The largest absolute Gasteiger partial charge is 0.321 e. The van der Waals surface area contributed by atoms with Gasteiger partial charge in [-0.2, -0.15) is 0 Å². The predicted octanol–water partition coefficient (Wildman–Crippen LogP) is 5.12. The van der Waals surface area contributed by atoms with Gasteiger partial charge in [0.05, 0.1) is 14.1 Å². The third-order valence-electron chi connectivity index (χ3n) is 2.77. The Kier molecular flexibility index (Phi) is 4.59. The summed E-state index contributed by atoms with van der Waals surface area (Å²) in [4.78, 5) is 13.7.